The molecule has 0 aromatic carbocycles. The van der Waals surface area contributed by atoms with Crippen LogP contribution in [0.4, 0.5) is 0 Å². The summed E-state index contributed by atoms with van der Waals surface area (Å²) in [6, 6.07) is -0.436. The molecule has 3 amide bonds. The van der Waals surface area contributed by atoms with Gasteiger partial charge in [0.1, 0.15) is 0 Å². The van der Waals surface area contributed by atoms with Gasteiger partial charge in [0, 0.05) is 26.2 Å². The van der Waals surface area contributed by atoms with E-state index in [9.17, 15) is 14.4 Å². The van der Waals surface area contributed by atoms with Gasteiger partial charge < -0.3 is 10.2 Å². The zero-order chi connectivity index (χ0) is 13.1. The van der Waals surface area contributed by atoms with Crippen molar-refractivity contribution in [1.82, 2.24) is 20.4 Å². The second-order valence-corrected chi connectivity index (χ2v) is 4.62. The Morgan fingerprint density at radius 1 is 1.33 bits per heavy atom. The molecule has 2 N–H and O–H groups in total. The summed E-state index contributed by atoms with van der Waals surface area (Å²) in [6.07, 6.45) is 0. The van der Waals surface area contributed by atoms with Crippen LogP contribution < -0.4 is 10.6 Å². The molecule has 0 radical (unpaired) electrons. The van der Waals surface area contributed by atoms with Crippen molar-refractivity contribution < 1.29 is 14.4 Å². The van der Waals surface area contributed by atoms with Crippen LogP contribution in [0.25, 0.3) is 0 Å². The van der Waals surface area contributed by atoms with E-state index in [1.807, 2.05) is 0 Å². The van der Waals surface area contributed by atoms with Gasteiger partial charge in [0.25, 0.3) is 0 Å². The summed E-state index contributed by atoms with van der Waals surface area (Å²) >= 11 is 0. The molecule has 2 fully saturated rings. The third kappa shape index (κ3) is 2.85. The Morgan fingerprint density at radius 2 is 2.00 bits per heavy atom. The molecule has 7 nitrogen and oxygen atoms in total. The lowest BCUT2D eigenvalue weighted by molar-refractivity contribution is -0.142. The van der Waals surface area contributed by atoms with E-state index in [0.717, 1.165) is 13.1 Å². The highest BCUT2D eigenvalue weighted by Crippen LogP contribution is 2.06. The molecule has 0 spiro atoms. The molecular weight excluding hydrogens is 236 g/mol. The van der Waals surface area contributed by atoms with Gasteiger partial charge in [-0.3, -0.25) is 24.6 Å². The third-order valence-corrected chi connectivity index (χ3v) is 3.34. The molecule has 0 aliphatic carbocycles. The van der Waals surface area contributed by atoms with E-state index in [1.54, 1.807) is 16.7 Å². The Kier molecular flexibility index (Phi) is 3.93. The smallest absolute Gasteiger partial charge is 0.243 e. The van der Waals surface area contributed by atoms with Crippen LogP contribution in [0.5, 0.6) is 0 Å². The average Bonchev–Trinajstić information content (AvgIpc) is 2.36. The van der Waals surface area contributed by atoms with Crippen LogP contribution >= 0.6 is 0 Å². The van der Waals surface area contributed by atoms with E-state index in [-0.39, 0.29) is 30.8 Å². The van der Waals surface area contributed by atoms with Crippen molar-refractivity contribution >= 4 is 17.7 Å². The minimum absolute atomic E-state index is 0.0224. The molecule has 0 aromatic rings. The van der Waals surface area contributed by atoms with Crippen LogP contribution in [0.1, 0.15) is 6.92 Å². The molecule has 7 heteroatoms. The Balaban J connectivity index is 1.92. The predicted molar refractivity (Wildman–Crippen MR) is 63.6 cm³/mol. The maximum Gasteiger partial charge on any atom is 0.243 e. The van der Waals surface area contributed by atoms with Gasteiger partial charge in [-0.2, -0.15) is 0 Å². The molecule has 2 rings (SSSR count). The second kappa shape index (κ2) is 5.45. The highest BCUT2D eigenvalue weighted by Gasteiger charge is 2.32. The van der Waals surface area contributed by atoms with Gasteiger partial charge in [-0.25, -0.2) is 0 Å². The van der Waals surface area contributed by atoms with E-state index in [0.29, 0.717) is 13.1 Å². The molecule has 2 heterocycles. The van der Waals surface area contributed by atoms with Crippen molar-refractivity contribution in [1.29, 1.82) is 0 Å². The van der Waals surface area contributed by atoms with Crippen LogP contribution in [-0.2, 0) is 14.4 Å². The second-order valence-electron chi connectivity index (χ2n) is 4.62. The van der Waals surface area contributed by atoms with Gasteiger partial charge in [0.05, 0.1) is 19.1 Å². The Hall–Kier alpha value is -1.47. The summed E-state index contributed by atoms with van der Waals surface area (Å²) in [6.45, 7) is 4.88. The number of carbonyl (C=O) groups is 3. The van der Waals surface area contributed by atoms with Gasteiger partial charge in [-0.1, -0.05) is 0 Å². The number of amides is 3. The molecule has 100 valence electrons. The summed E-state index contributed by atoms with van der Waals surface area (Å²) in [5, 5.41) is 5.43. The lowest BCUT2D eigenvalue weighted by Gasteiger charge is -2.34. The normalized spacial score (nSPS) is 26.1. The van der Waals surface area contributed by atoms with E-state index in [1.165, 1.54) is 0 Å². The largest absolute Gasteiger partial charge is 0.339 e. The van der Waals surface area contributed by atoms with Crippen molar-refractivity contribution in [2.45, 2.75) is 13.0 Å². The van der Waals surface area contributed by atoms with Gasteiger partial charge in [-0.15, -0.1) is 0 Å². The fourth-order valence-electron chi connectivity index (χ4n) is 2.15. The van der Waals surface area contributed by atoms with Crippen LogP contribution in [0.15, 0.2) is 0 Å². The van der Waals surface area contributed by atoms with Crippen LogP contribution in [-0.4, -0.2) is 72.8 Å². The molecule has 2 aliphatic heterocycles. The summed E-state index contributed by atoms with van der Waals surface area (Å²) in [5.41, 5.74) is 0. The molecule has 1 unspecified atom stereocenters. The first kappa shape index (κ1) is 13.0. The number of hydrogen-bond donors (Lipinski definition) is 2. The summed E-state index contributed by atoms with van der Waals surface area (Å²) in [5.74, 6) is -0.698. The molecule has 18 heavy (non-hydrogen) atoms. The monoisotopic (exact) mass is 254 g/mol. The van der Waals surface area contributed by atoms with Crippen molar-refractivity contribution in [3.8, 4) is 0 Å². The number of piperazine rings is 2. The Labute approximate surface area is 105 Å². The van der Waals surface area contributed by atoms with Gasteiger partial charge >= 0.3 is 0 Å². The van der Waals surface area contributed by atoms with E-state index < -0.39 is 6.04 Å². The lowest BCUT2D eigenvalue weighted by Crippen LogP contribution is -2.59. The third-order valence-electron chi connectivity index (χ3n) is 3.34. The molecule has 0 aromatic heterocycles. The van der Waals surface area contributed by atoms with Crippen molar-refractivity contribution in [3.05, 3.63) is 0 Å². The lowest BCUT2D eigenvalue weighted by atomic mass is 10.2. The highest BCUT2D eigenvalue weighted by atomic mass is 16.2. The standard InChI is InChI=1S/C11H18N4O3/c1-8-11(18)13-9(16)6-15(8)7-10(17)14-4-2-12-3-5-14/h8,12H,2-7H2,1H3,(H,13,16,18). The van der Waals surface area contributed by atoms with Gasteiger partial charge in [0.2, 0.25) is 17.7 Å². The number of carbonyl (C=O) groups excluding carboxylic acids is 3. The molecule has 2 saturated heterocycles. The molecule has 1 atom stereocenters. The maximum absolute atomic E-state index is 12.0. The van der Waals surface area contributed by atoms with Gasteiger partial charge in [0.15, 0.2) is 0 Å². The predicted octanol–water partition coefficient (Wildman–Crippen LogP) is -2.23. The fraction of sp³-hybridized carbons (Fsp3) is 0.727. The van der Waals surface area contributed by atoms with E-state index >= 15 is 0 Å². The van der Waals surface area contributed by atoms with Gasteiger partial charge in [-0.05, 0) is 6.92 Å². The van der Waals surface area contributed by atoms with E-state index in [2.05, 4.69) is 10.6 Å². The fourth-order valence-corrected chi connectivity index (χ4v) is 2.15. The van der Waals surface area contributed by atoms with Crippen molar-refractivity contribution in [3.63, 3.8) is 0 Å². The summed E-state index contributed by atoms with van der Waals surface area (Å²) < 4.78 is 0. The number of hydrogen-bond acceptors (Lipinski definition) is 5. The van der Waals surface area contributed by atoms with Crippen LogP contribution in [0.3, 0.4) is 0 Å². The average molecular weight is 254 g/mol. The van der Waals surface area contributed by atoms with Crippen LogP contribution in [0.2, 0.25) is 0 Å². The maximum atomic E-state index is 12.0. The minimum Gasteiger partial charge on any atom is -0.339 e. The number of rotatable bonds is 2. The quantitative estimate of drug-likeness (QED) is 0.545. The Bertz CT molecular complexity index is 365. The van der Waals surface area contributed by atoms with Crippen LogP contribution in [0, 0.1) is 0 Å². The minimum atomic E-state index is -0.436. The first-order chi connectivity index (χ1) is 8.58. The highest BCUT2D eigenvalue weighted by molar-refractivity contribution is 6.01. The molecule has 2 aliphatic rings. The SMILES string of the molecule is CC1C(=O)NC(=O)CN1CC(=O)N1CCNCC1. The summed E-state index contributed by atoms with van der Waals surface area (Å²) in [7, 11) is 0. The number of nitrogens with zero attached hydrogens (tertiary/aromatic N) is 2. The first-order valence-corrected chi connectivity index (χ1v) is 6.14. The topological polar surface area (TPSA) is 81.8 Å². The zero-order valence-corrected chi connectivity index (χ0v) is 10.4. The first-order valence-electron chi connectivity index (χ1n) is 6.14. The number of imide groups is 1. The van der Waals surface area contributed by atoms with Crippen molar-refractivity contribution in [2.24, 2.45) is 0 Å². The molecule has 0 bridgehead atoms. The Morgan fingerprint density at radius 3 is 2.67 bits per heavy atom. The zero-order valence-electron chi connectivity index (χ0n) is 10.4. The van der Waals surface area contributed by atoms with E-state index in [4.69, 9.17) is 0 Å². The van der Waals surface area contributed by atoms with Crippen molar-refractivity contribution in [2.75, 3.05) is 39.3 Å². The number of nitrogens with one attached hydrogen (secondary N) is 2. The molecular formula is C11H18N4O3. The summed E-state index contributed by atoms with van der Waals surface area (Å²) in [4.78, 5) is 38.2. The molecule has 0 saturated carbocycles.